The molecule has 1 aromatic carbocycles. The molecular formula is C15H16BrNO4. The van der Waals surface area contributed by atoms with Gasteiger partial charge < -0.3 is 18.8 Å². The molecule has 0 aliphatic rings. The number of furan rings is 1. The monoisotopic (exact) mass is 353 g/mol. The predicted molar refractivity (Wildman–Crippen MR) is 81.8 cm³/mol. The van der Waals surface area contributed by atoms with Gasteiger partial charge in [0.05, 0.1) is 26.3 Å². The SMILES string of the molecule is COc1cccc(C(=O)N(C)Cc2ccc(Br)o2)c1OC. The van der Waals surface area contributed by atoms with E-state index in [0.29, 0.717) is 34.0 Å². The summed E-state index contributed by atoms with van der Waals surface area (Å²) in [6.07, 6.45) is 0. The van der Waals surface area contributed by atoms with Gasteiger partial charge in [-0.3, -0.25) is 4.79 Å². The summed E-state index contributed by atoms with van der Waals surface area (Å²) in [4.78, 5) is 14.1. The van der Waals surface area contributed by atoms with Crippen molar-refractivity contribution in [2.45, 2.75) is 6.54 Å². The Morgan fingerprint density at radius 2 is 2.00 bits per heavy atom. The summed E-state index contributed by atoms with van der Waals surface area (Å²) in [5.41, 5.74) is 0.449. The van der Waals surface area contributed by atoms with E-state index in [-0.39, 0.29) is 5.91 Å². The minimum absolute atomic E-state index is 0.168. The zero-order valence-corrected chi connectivity index (χ0v) is 13.6. The van der Waals surface area contributed by atoms with E-state index in [1.165, 1.54) is 14.2 Å². The lowest BCUT2D eigenvalue weighted by molar-refractivity contribution is 0.0771. The van der Waals surface area contributed by atoms with Crippen molar-refractivity contribution >= 4 is 21.8 Å². The van der Waals surface area contributed by atoms with Crippen molar-refractivity contribution in [2.75, 3.05) is 21.3 Å². The third-order valence-corrected chi connectivity index (χ3v) is 3.43. The summed E-state index contributed by atoms with van der Waals surface area (Å²) in [6, 6.07) is 8.82. The van der Waals surface area contributed by atoms with E-state index in [1.807, 2.05) is 6.07 Å². The molecule has 0 N–H and O–H groups in total. The first-order chi connectivity index (χ1) is 10.1. The molecule has 0 aliphatic heterocycles. The summed E-state index contributed by atoms with van der Waals surface area (Å²) in [6.45, 7) is 0.366. The molecular weight excluding hydrogens is 338 g/mol. The molecule has 112 valence electrons. The lowest BCUT2D eigenvalue weighted by Crippen LogP contribution is -2.26. The highest BCUT2D eigenvalue weighted by Gasteiger charge is 2.20. The molecule has 5 nitrogen and oxygen atoms in total. The third-order valence-electron chi connectivity index (χ3n) is 3.00. The number of hydrogen-bond donors (Lipinski definition) is 0. The normalized spacial score (nSPS) is 10.3. The number of para-hydroxylation sites is 1. The van der Waals surface area contributed by atoms with Gasteiger partial charge in [-0.2, -0.15) is 0 Å². The van der Waals surface area contributed by atoms with E-state index in [0.717, 1.165) is 0 Å². The fourth-order valence-corrected chi connectivity index (χ4v) is 2.34. The van der Waals surface area contributed by atoms with Crippen LogP contribution in [-0.4, -0.2) is 32.1 Å². The van der Waals surface area contributed by atoms with Crippen LogP contribution in [0.2, 0.25) is 0 Å². The molecule has 0 bridgehead atoms. The van der Waals surface area contributed by atoms with Gasteiger partial charge in [-0.15, -0.1) is 0 Å². The van der Waals surface area contributed by atoms with E-state index >= 15 is 0 Å². The number of rotatable bonds is 5. The molecule has 0 fully saturated rings. The van der Waals surface area contributed by atoms with Gasteiger partial charge in [0.25, 0.3) is 5.91 Å². The highest BCUT2D eigenvalue weighted by atomic mass is 79.9. The van der Waals surface area contributed by atoms with Crippen LogP contribution in [-0.2, 0) is 6.54 Å². The lowest BCUT2D eigenvalue weighted by Gasteiger charge is -2.18. The van der Waals surface area contributed by atoms with Gasteiger partial charge in [0, 0.05) is 7.05 Å². The lowest BCUT2D eigenvalue weighted by atomic mass is 10.1. The molecule has 2 rings (SSSR count). The molecule has 0 spiro atoms. The van der Waals surface area contributed by atoms with Crippen molar-refractivity contribution in [1.82, 2.24) is 4.90 Å². The molecule has 0 saturated heterocycles. The maximum absolute atomic E-state index is 12.5. The van der Waals surface area contributed by atoms with Gasteiger partial charge in [-0.25, -0.2) is 0 Å². The summed E-state index contributed by atoms with van der Waals surface area (Å²) < 4.78 is 16.5. The first-order valence-electron chi connectivity index (χ1n) is 6.27. The quantitative estimate of drug-likeness (QED) is 0.827. The van der Waals surface area contributed by atoms with Gasteiger partial charge in [0.1, 0.15) is 5.76 Å². The van der Waals surface area contributed by atoms with Crippen LogP contribution >= 0.6 is 15.9 Å². The van der Waals surface area contributed by atoms with Crippen LogP contribution in [0, 0.1) is 0 Å². The molecule has 0 radical (unpaired) electrons. The topological polar surface area (TPSA) is 51.9 Å². The number of benzene rings is 1. The number of carbonyl (C=O) groups excluding carboxylic acids is 1. The first-order valence-corrected chi connectivity index (χ1v) is 7.06. The van der Waals surface area contributed by atoms with E-state index in [4.69, 9.17) is 13.9 Å². The second kappa shape index (κ2) is 6.67. The number of methoxy groups -OCH3 is 2. The van der Waals surface area contributed by atoms with Gasteiger partial charge in [0.2, 0.25) is 0 Å². The summed E-state index contributed by atoms with van der Waals surface area (Å²) >= 11 is 3.24. The van der Waals surface area contributed by atoms with Crippen LogP contribution in [0.5, 0.6) is 11.5 Å². The van der Waals surface area contributed by atoms with Crippen molar-refractivity contribution in [3.63, 3.8) is 0 Å². The number of amides is 1. The predicted octanol–water partition coefficient (Wildman–Crippen LogP) is 3.33. The van der Waals surface area contributed by atoms with Crippen LogP contribution in [0.1, 0.15) is 16.1 Å². The largest absolute Gasteiger partial charge is 0.493 e. The third kappa shape index (κ3) is 3.39. The molecule has 0 atom stereocenters. The van der Waals surface area contributed by atoms with E-state index in [2.05, 4.69) is 15.9 Å². The van der Waals surface area contributed by atoms with Crippen LogP contribution in [0.3, 0.4) is 0 Å². The van der Waals surface area contributed by atoms with E-state index in [9.17, 15) is 4.79 Å². The maximum Gasteiger partial charge on any atom is 0.257 e. The molecule has 21 heavy (non-hydrogen) atoms. The average Bonchev–Trinajstić information content (AvgIpc) is 2.90. The second-order valence-electron chi connectivity index (χ2n) is 4.41. The number of nitrogens with zero attached hydrogens (tertiary/aromatic N) is 1. The molecule has 6 heteroatoms. The molecule has 1 aromatic heterocycles. The average molecular weight is 354 g/mol. The van der Waals surface area contributed by atoms with Gasteiger partial charge >= 0.3 is 0 Å². The summed E-state index contributed by atoms with van der Waals surface area (Å²) in [7, 11) is 4.76. The van der Waals surface area contributed by atoms with Crippen LogP contribution in [0.25, 0.3) is 0 Å². The van der Waals surface area contributed by atoms with Crippen molar-refractivity contribution in [3.05, 3.63) is 46.3 Å². The number of ether oxygens (including phenoxy) is 2. The Hall–Kier alpha value is -1.95. The molecule has 2 aromatic rings. The van der Waals surface area contributed by atoms with Crippen molar-refractivity contribution < 1.29 is 18.7 Å². The van der Waals surface area contributed by atoms with Gasteiger partial charge in [-0.05, 0) is 40.2 Å². The highest BCUT2D eigenvalue weighted by Crippen LogP contribution is 2.31. The molecule has 0 unspecified atom stereocenters. The standard InChI is InChI=1S/C15H16BrNO4/c1-17(9-10-7-8-13(16)21-10)15(18)11-5-4-6-12(19-2)14(11)20-3/h4-8H,9H2,1-3H3. The Kier molecular flexibility index (Phi) is 4.90. The Bertz CT molecular complexity index is 638. The zero-order chi connectivity index (χ0) is 15.4. The minimum atomic E-state index is -0.168. The Labute approximate surface area is 131 Å². The van der Waals surface area contributed by atoms with E-state index < -0.39 is 0 Å². The van der Waals surface area contributed by atoms with Crippen LogP contribution < -0.4 is 9.47 Å². The fourth-order valence-electron chi connectivity index (χ4n) is 2.00. The van der Waals surface area contributed by atoms with Gasteiger partial charge in [-0.1, -0.05) is 6.07 Å². The maximum atomic E-state index is 12.5. The number of halogens is 1. The van der Waals surface area contributed by atoms with Crippen molar-refractivity contribution in [1.29, 1.82) is 0 Å². The van der Waals surface area contributed by atoms with Gasteiger partial charge in [0.15, 0.2) is 16.2 Å². The van der Waals surface area contributed by atoms with Crippen LogP contribution in [0.4, 0.5) is 0 Å². The van der Waals surface area contributed by atoms with Crippen molar-refractivity contribution in [3.8, 4) is 11.5 Å². The van der Waals surface area contributed by atoms with E-state index in [1.54, 1.807) is 36.2 Å². The molecule has 0 aliphatic carbocycles. The number of hydrogen-bond acceptors (Lipinski definition) is 4. The summed E-state index contributed by atoms with van der Waals surface area (Å²) in [5.74, 6) is 1.48. The number of carbonyl (C=O) groups is 1. The smallest absolute Gasteiger partial charge is 0.257 e. The summed E-state index contributed by atoms with van der Waals surface area (Å²) in [5, 5.41) is 0. The fraction of sp³-hybridized carbons (Fsp3) is 0.267. The molecule has 1 amide bonds. The zero-order valence-electron chi connectivity index (χ0n) is 12.1. The first kappa shape index (κ1) is 15.4. The Balaban J connectivity index is 2.23. The second-order valence-corrected chi connectivity index (χ2v) is 5.19. The Morgan fingerprint density at radius 1 is 1.24 bits per heavy atom. The minimum Gasteiger partial charge on any atom is -0.493 e. The molecule has 1 heterocycles. The van der Waals surface area contributed by atoms with Crippen LogP contribution in [0.15, 0.2) is 39.4 Å². The molecule has 0 saturated carbocycles. The highest BCUT2D eigenvalue weighted by molar-refractivity contribution is 9.10. The Morgan fingerprint density at radius 3 is 2.57 bits per heavy atom. The van der Waals surface area contributed by atoms with Crippen molar-refractivity contribution in [2.24, 2.45) is 0 Å².